The van der Waals surface area contributed by atoms with E-state index < -0.39 is 0 Å². The second kappa shape index (κ2) is 5.73. The molecule has 0 aromatic carbocycles. The summed E-state index contributed by atoms with van der Waals surface area (Å²) in [6.07, 6.45) is 3.51. The maximum atomic E-state index is 12.0. The van der Waals surface area contributed by atoms with Crippen LogP contribution in [-0.2, 0) is 16.1 Å². The fourth-order valence-corrected chi connectivity index (χ4v) is 1.90. The highest BCUT2D eigenvalue weighted by Crippen LogP contribution is 1.99. The number of ether oxygens (including phenoxy) is 1. The van der Waals surface area contributed by atoms with Gasteiger partial charge in [0.1, 0.15) is 0 Å². The summed E-state index contributed by atoms with van der Waals surface area (Å²) in [7, 11) is 0. The number of hydrogen-bond donors (Lipinski definition) is 0. The van der Waals surface area contributed by atoms with Crippen molar-refractivity contribution < 1.29 is 18.9 Å². The number of carbonyl (C=O) groups excluding carboxylic acids is 2. The van der Waals surface area contributed by atoms with E-state index in [9.17, 15) is 9.59 Å². The van der Waals surface area contributed by atoms with Gasteiger partial charge in [0.2, 0.25) is 6.54 Å². The SMILES string of the molecule is CC(=O)c1ccc[n+](CC(=O)N2CCOCC2)c1. The molecule has 1 aromatic heterocycles. The van der Waals surface area contributed by atoms with E-state index in [4.69, 9.17) is 4.74 Å². The molecule has 1 aliphatic rings. The van der Waals surface area contributed by atoms with Gasteiger partial charge in [-0.05, 0) is 13.0 Å². The second-order valence-corrected chi connectivity index (χ2v) is 4.31. The van der Waals surface area contributed by atoms with E-state index in [0.717, 1.165) is 0 Å². The van der Waals surface area contributed by atoms with Crippen molar-refractivity contribution in [2.45, 2.75) is 13.5 Å². The predicted octanol–water partition coefficient (Wildman–Crippen LogP) is 0.0355. The molecule has 0 atom stereocenters. The Morgan fingerprint density at radius 2 is 2.11 bits per heavy atom. The first kappa shape index (κ1) is 12.7. The highest BCUT2D eigenvalue weighted by Gasteiger charge is 2.20. The van der Waals surface area contributed by atoms with E-state index in [1.807, 2.05) is 0 Å². The maximum absolute atomic E-state index is 12.0. The highest BCUT2D eigenvalue weighted by atomic mass is 16.5. The van der Waals surface area contributed by atoms with Crippen LogP contribution in [0.5, 0.6) is 0 Å². The fraction of sp³-hybridized carbons (Fsp3) is 0.462. The van der Waals surface area contributed by atoms with Crippen LogP contribution in [-0.4, -0.2) is 42.9 Å². The predicted molar refractivity (Wildman–Crippen MR) is 64.0 cm³/mol. The first-order valence-electron chi connectivity index (χ1n) is 6.02. The number of ketones is 1. The Morgan fingerprint density at radius 1 is 1.39 bits per heavy atom. The molecule has 0 N–H and O–H groups in total. The van der Waals surface area contributed by atoms with Crippen LogP contribution in [0.15, 0.2) is 24.5 Å². The van der Waals surface area contributed by atoms with Crippen LogP contribution < -0.4 is 4.57 Å². The molecule has 0 unspecified atom stereocenters. The summed E-state index contributed by atoms with van der Waals surface area (Å²) in [4.78, 5) is 25.1. The van der Waals surface area contributed by atoms with Crippen molar-refractivity contribution in [1.29, 1.82) is 0 Å². The van der Waals surface area contributed by atoms with E-state index in [2.05, 4.69) is 0 Å². The third-order valence-corrected chi connectivity index (χ3v) is 2.95. The number of amides is 1. The van der Waals surface area contributed by atoms with Gasteiger partial charge in [-0.25, -0.2) is 0 Å². The number of morpholine rings is 1. The monoisotopic (exact) mass is 249 g/mol. The van der Waals surface area contributed by atoms with Gasteiger partial charge in [-0.2, -0.15) is 4.57 Å². The fourth-order valence-electron chi connectivity index (χ4n) is 1.90. The van der Waals surface area contributed by atoms with Gasteiger partial charge in [0, 0.05) is 19.2 Å². The lowest BCUT2D eigenvalue weighted by atomic mass is 10.2. The van der Waals surface area contributed by atoms with Crippen LogP contribution in [0.25, 0.3) is 0 Å². The summed E-state index contributed by atoms with van der Waals surface area (Å²) in [5.74, 6) is 0.0622. The molecule has 0 spiro atoms. The summed E-state index contributed by atoms with van der Waals surface area (Å²) in [5, 5.41) is 0. The molecule has 5 nitrogen and oxygen atoms in total. The number of nitrogens with zero attached hydrogens (tertiary/aromatic N) is 2. The van der Waals surface area contributed by atoms with Crippen LogP contribution in [0, 0.1) is 0 Å². The Hall–Kier alpha value is -1.75. The minimum atomic E-state index is 0.00294. The number of Topliss-reactive ketones (excluding diaryl/α,β-unsaturated/α-hetero) is 1. The van der Waals surface area contributed by atoms with Crippen molar-refractivity contribution in [2.75, 3.05) is 26.3 Å². The van der Waals surface area contributed by atoms with Gasteiger partial charge in [-0.1, -0.05) is 0 Å². The molecule has 1 aromatic rings. The maximum Gasteiger partial charge on any atom is 0.288 e. The van der Waals surface area contributed by atoms with Gasteiger partial charge in [0.15, 0.2) is 18.2 Å². The van der Waals surface area contributed by atoms with Crippen molar-refractivity contribution >= 4 is 11.7 Å². The van der Waals surface area contributed by atoms with Crippen LogP contribution >= 0.6 is 0 Å². The van der Waals surface area contributed by atoms with E-state index in [1.165, 1.54) is 6.92 Å². The normalized spacial score (nSPS) is 15.5. The molecule has 96 valence electrons. The number of hydrogen-bond acceptors (Lipinski definition) is 3. The average molecular weight is 249 g/mol. The van der Waals surface area contributed by atoms with Gasteiger partial charge < -0.3 is 9.64 Å². The van der Waals surface area contributed by atoms with E-state index >= 15 is 0 Å². The molecule has 1 fully saturated rings. The summed E-state index contributed by atoms with van der Waals surface area (Å²) < 4.78 is 6.95. The first-order chi connectivity index (χ1) is 8.66. The molecule has 0 bridgehead atoms. The standard InChI is InChI=1S/C13H17N2O3/c1-11(16)12-3-2-4-14(9-12)10-13(17)15-5-7-18-8-6-15/h2-4,9H,5-8,10H2,1H3/q+1. The molecule has 0 radical (unpaired) electrons. The Bertz CT molecular complexity index is 453. The molecule has 1 amide bonds. The van der Waals surface area contributed by atoms with E-state index in [1.54, 1.807) is 34.0 Å². The summed E-state index contributed by atoms with van der Waals surface area (Å²) in [6.45, 7) is 4.27. The molecule has 2 heterocycles. The average Bonchev–Trinajstić information content (AvgIpc) is 2.40. The quantitative estimate of drug-likeness (QED) is 0.561. The third kappa shape index (κ3) is 3.13. The van der Waals surface area contributed by atoms with Crippen LogP contribution in [0.2, 0.25) is 0 Å². The first-order valence-corrected chi connectivity index (χ1v) is 6.02. The molecular formula is C13H17N2O3+. The zero-order chi connectivity index (χ0) is 13.0. The van der Waals surface area contributed by atoms with Crippen molar-refractivity contribution in [3.63, 3.8) is 0 Å². The minimum absolute atomic E-state index is 0.00294. The molecule has 1 saturated heterocycles. The molecular weight excluding hydrogens is 232 g/mol. The number of pyridine rings is 1. The Kier molecular flexibility index (Phi) is 4.04. The largest absolute Gasteiger partial charge is 0.378 e. The molecule has 0 saturated carbocycles. The lowest BCUT2D eigenvalue weighted by Crippen LogP contribution is -2.48. The summed E-state index contributed by atoms with van der Waals surface area (Å²) in [5.41, 5.74) is 0.618. The van der Waals surface area contributed by atoms with E-state index in [0.29, 0.717) is 31.9 Å². The number of carbonyl (C=O) groups is 2. The van der Waals surface area contributed by atoms with Crippen LogP contribution in [0.1, 0.15) is 17.3 Å². The molecule has 18 heavy (non-hydrogen) atoms. The van der Waals surface area contributed by atoms with Crippen molar-refractivity contribution in [3.05, 3.63) is 30.1 Å². The molecule has 1 aliphatic heterocycles. The Labute approximate surface area is 106 Å². The highest BCUT2D eigenvalue weighted by molar-refractivity contribution is 5.93. The third-order valence-electron chi connectivity index (χ3n) is 2.95. The topological polar surface area (TPSA) is 50.5 Å². The van der Waals surface area contributed by atoms with Gasteiger partial charge in [0.05, 0.1) is 18.8 Å². The zero-order valence-electron chi connectivity index (χ0n) is 10.5. The number of rotatable bonds is 3. The number of aromatic nitrogens is 1. The summed E-state index contributed by atoms with van der Waals surface area (Å²) >= 11 is 0. The molecule has 2 rings (SSSR count). The van der Waals surface area contributed by atoms with Gasteiger partial charge >= 0.3 is 0 Å². The second-order valence-electron chi connectivity index (χ2n) is 4.31. The molecule has 0 aliphatic carbocycles. The van der Waals surface area contributed by atoms with E-state index in [-0.39, 0.29) is 18.2 Å². The van der Waals surface area contributed by atoms with Crippen molar-refractivity contribution in [1.82, 2.24) is 4.90 Å². The lowest BCUT2D eigenvalue weighted by Gasteiger charge is -2.25. The van der Waals surface area contributed by atoms with Crippen LogP contribution in [0.3, 0.4) is 0 Å². The van der Waals surface area contributed by atoms with Crippen LogP contribution in [0.4, 0.5) is 0 Å². The van der Waals surface area contributed by atoms with Crippen molar-refractivity contribution in [3.8, 4) is 0 Å². The zero-order valence-corrected chi connectivity index (χ0v) is 10.5. The Morgan fingerprint density at radius 3 is 2.78 bits per heavy atom. The van der Waals surface area contributed by atoms with Gasteiger partial charge in [-0.3, -0.25) is 9.59 Å². The smallest absolute Gasteiger partial charge is 0.288 e. The summed E-state index contributed by atoms with van der Waals surface area (Å²) in [6, 6.07) is 3.53. The van der Waals surface area contributed by atoms with Gasteiger partial charge in [-0.15, -0.1) is 0 Å². The lowest BCUT2D eigenvalue weighted by molar-refractivity contribution is -0.685. The minimum Gasteiger partial charge on any atom is -0.378 e. The Balaban J connectivity index is 2.02. The molecule has 5 heteroatoms. The van der Waals surface area contributed by atoms with Crippen molar-refractivity contribution in [2.24, 2.45) is 0 Å². The van der Waals surface area contributed by atoms with Gasteiger partial charge in [0.25, 0.3) is 5.91 Å².